The van der Waals surface area contributed by atoms with Crippen LogP contribution in [0, 0.1) is 0 Å². The van der Waals surface area contributed by atoms with Crippen LogP contribution in [0.2, 0.25) is 20.1 Å². The molecule has 1 aliphatic heterocycles. The summed E-state index contributed by atoms with van der Waals surface area (Å²) in [6, 6.07) is 10.4. The van der Waals surface area contributed by atoms with Crippen LogP contribution in [0.4, 0.5) is 0 Å². The van der Waals surface area contributed by atoms with Gasteiger partial charge in [0.1, 0.15) is 5.60 Å². The number of ether oxygens (including phenoxy) is 3. The van der Waals surface area contributed by atoms with Crippen molar-refractivity contribution in [2.75, 3.05) is 6.61 Å². The van der Waals surface area contributed by atoms with Crippen LogP contribution in [-0.4, -0.2) is 29.7 Å². The first-order valence-corrected chi connectivity index (χ1v) is 10.2. The highest BCUT2D eigenvalue weighted by molar-refractivity contribution is 6.35. The summed E-state index contributed by atoms with van der Waals surface area (Å²) in [6.07, 6.45) is -0.695. The lowest BCUT2D eigenvalue weighted by Gasteiger charge is -2.24. The molecular formula is C20H20Cl4O4. The van der Waals surface area contributed by atoms with Crippen LogP contribution >= 0.6 is 46.4 Å². The van der Waals surface area contributed by atoms with Gasteiger partial charge in [0.05, 0.1) is 25.9 Å². The Morgan fingerprint density at radius 1 is 1.00 bits per heavy atom. The van der Waals surface area contributed by atoms with Crippen LogP contribution < -0.4 is 0 Å². The normalized spacial score (nSPS) is 24.6. The fourth-order valence-electron chi connectivity index (χ4n) is 2.99. The maximum Gasteiger partial charge on any atom is 0.186 e. The zero-order valence-corrected chi connectivity index (χ0v) is 18.2. The zero-order valence-electron chi connectivity index (χ0n) is 15.1. The molecule has 3 unspecified atom stereocenters. The van der Waals surface area contributed by atoms with Gasteiger partial charge in [0.25, 0.3) is 0 Å². The Bertz CT molecular complexity index is 828. The van der Waals surface area contributed by atoms with Gasteiger partial charge < -0.3 is 19.3 Å². The van der Waals surface area contributed by atoms with Crippen LogP contribution in [0.5, 0.6) is 0 Å². The SMILES string of the molecule is CC1(O)CC(COCc2ccc(Cl)cc2Cl)OC1OCc1ccc(Cl)cc1Cl. The largest absolute Gasteiger partial charge is 0.385 e. The van der Waals surface area contributed by atoms with Gasteiger partial charge in [0.15, 0.2) is 6.29 Å². The van der Waals surface area contributed by atoms with E-state index in [4.69, 9.17) is 60.6 Å². The molecule has 0 amide bonds. The van der Waals surface area contributed by atoms with Crippen molar-refractivity contribution in [3.8, 4) is 0 Å². The van der Waals surface area contributed by atoms with Crippen molar-refractivity contribution < 1.29 is 19.3 Å². The summed E-state index contributed by atoms with van der Waals surface area (Å²) in [7, 11) is 0. The highest BCUT2D eigenvalue weighted by Crippen LogP contribution is 2.33. The lowest BCUT2D eigenvalue weighted by atomic mass is 10.0. The second kappa shape index (κ2) is 9.50. The summed E-state index contributed by atoms with van der Waals surface area (Å²) in [5.41, 5.74) is 0.466. The molecule has 3 rings (SSSR count). The number of hydrogen-bond acceptors (Lipinski definition) is 4. The van der Waals surface area contributed by atoms with Gasteiger partial charge in [-0.1, -0.05) is 58.5 Å². The van der Waals surface area contributed by atoms with E-state index in [9.17, 15) is 5.11 Å². The molecular weight excluding hydrogens is 446 g/mol. The zero-order chi connectivity index (χ0) is 20.3. The molecule has 0 aliphatic carbocycles. The Morgan fingerprint density at radius 2 is 1.57 bits per heavy atom. The third-order valence-corrected chi connectivity index (χ3v) is 5.62. The molecule has 0 aromatic heterocycles. The summed E-state index contributed by atoms with van der Waals surface area (Å²) < 4.78 is 17.3. The minimum atomic E-state index is -1.13. The standard InChI is InChI=1S/C20H20Cl4O4/c1-20(25)8-16(11-26-9-12-2-4-14(21)6-17(12)23)28-19(20)27-10-13-3-5-15(22)7-18(13)24/h2-7,16,19,25H,8-11H2,1H3. The summed E-state index contributed by atoms with van der Waals surface area (Å²) in [5, 5.41) is 12.8. The summed E-state index contributed by atoms with van der Waals surface area (Å²) in [6.45, 7) is 2.50. The smallest absolute Gasteiger partial charge is 0.186 e. The first-order valence-electron chi connectivity index (χ1n) is 8.69. The molecule has 0 saturated carbocycles. The van der Waals surface area contributed by atoms with Crippen LogP contribution in [0.3, 0.4) is 0 Å². The second-order valence-electron chi connectivity index (χ2n) is 6.95. The fourth-order valence-corrected chi connectivity index (χ4v) is 3.91. The molecule has 28 heavy (non-hydrogen) atoms. The van der Waals surface area contributed by atoms with Crippen molar-refractivity contribution in [1.29, 1.82) is 0 Å². The fraction of sp³-hybridized carbons (Fsp3) is 0.400. The molecule has 1 N–H and O–H groups in total. The summed E-state index contributed by atoms with van der Waals surface area (Å²) in [4.78, 5) is 0. The van der Waals surface area contributed by atoms with Crippen molar-refractivity contribution in [2.24, 2.45) is 0 Å². The molecule has 1 saturated heterocycles. The van der Waals surface area contributed by atoms with Gasteiger partial charge in [0, 0.05) is 26.5 Å². The van der Waals surface area contributed by atoms with Gasteiger partial charge in [-0.2, -0.15) is 0 Å². The van der Waals surface area contributed by atoms with Gasteiger partial charge in [-0.3, -0.25) is 0 Å². The molecule has 0 spiro atoms. The Morgan fingerprint density at radius 3 is 2.14 bits per heavy atom. The second-order valence-corrected chi connectivity index (χ2v) is 8.64. The average Bonchev–Trinajstić information content (AvgIpc) is 2.90. The lowest BCUT2D eigenvalue weighted by Crippen LogP contribution is -2.36. The third kappa shape index (κ3) is 5.74. The Hall–Kier alpha value is -0.560. The minimum Gasteiger partial charge on any atom is -0.385 e. The van der Waals surface area contributed by atoms with Gasteiger partial charge in [-0.05, 0) is 42.3 Å². The average molecular weight is 466 g/mol. The van der Waals surface area contributed by atoms with Crippen LogP contribution in [-0.2, 0) is 27.4 Å². The minimum absolute atomic E-state index is 0.199. The number of aliphatic hydroxyl groups is 1. The third-order valence-electron chi connectivity index (χ3n) is 4.45. The quantitative estimate of drug-likeness (QED) is 0.552. The molecule has 3 atom stereocenters. The highest BCUT2D eigenvalue weighted by atomic mass is 35.5. The van der Waals surface area contributed by atoms with E-state index >= 15 is 0 Å². The van der Waals surface area contributed by atoms with E-state index in [0.29, 0.717) is 39.7 Å². The molecule has 4 nitrogen and oxygen atoms in total. The molecule has 152 valence electrons. The molecule has 2 aromatic carbocycles. The van der Waals surface area contributed by atoms with E-state index in [1.54, 1.807) is 37.3 Å². The lowest BCUT2D eigenvalue weighted by molar-refractivity contribution is -0.204. The number of rotatable bonds is 7. The molecule has 1 aliphatic rings. The predicted molar refractivity (Wildman–Crippen MR) is 111 cm³/mol. The Kier molecular flexibility index (Phi) is 7.51. The van der Waals surface area contributed by atoms with Gasteiger partial charge in [0.2, 0.25) is 0 Å². The van der Waals surface area contributed by atoms with Crippen LogP contribution in [0.1, 0.15) is 24.5 Å². The van der Waals surface area contributed by atoms with Crippen LogP contribution in [0.25, 0.3) is 0 Å². The maximum atomic E-state index is 10.6. The molecule has 1 heterocycles. The number of halogens is 4. The molecule has 0 bridgehead atoms. The van der Waals surface area contributed by atoms with Crippen molar-refractivity contribution in [2.45, 2.75) is 44.6 Å². The van der Waals surface area contributed by atoms with Crippen molar-refractivity contribution >= 4 is 46.4 Å². The molecule has 2 aromatic rings. The number of hydrogen-bond donors (Lipinski definition) is 1. The van der Waals surface area contributed by atoms with E-state index in [-0.39, 0.29) is 12.7 Å². The number of benzene rings is 2. The van der Waals surface area contributed by atoms with E-state index < -0.39 is 11.9 Å². The van der Waals surface area contributed by atoms with Gasteiger partial charge >= 0.3 is 0 Å². The summed E-state index contributed by atoms with van der Waals surface area (Å²) in [5.74, 6) is 0. The summed E-state index contributed by atoms with van der Waals surface area (Å²) >= 11 is 24.1. The van der Waals surface area contributed by atoms with Crippen molar-refractivity contribution in [3.63, 3.8) is 0 Å². The molecule has 8 heteroatoms. The molecule has 0 radical (unpaired) electrons. The van der Waals surface area contributed by atoms with E-state index in [1.807, 2.05) is 6.07 Å². The highest BCUT2D eigenvalue weighted by Gasteiger charge is 2.44. The Balaban J connectivity index is 1.50. The Labute approximate surface area is 184 Å². The first-order chi connectivity index (χ1) is 13.2. The van der Waals surface area contributed by atoms with E-state index in [2.05, 4.69) is 0 Å². The predicted octanol–water partition coefficient (Wildman–Crippen LogP) is 5.90. The van der Waals surface area contributed by atoms with E-state index in [1.165, 1.54) is 0 Å². The topological polar surface area (TPSA) is 47.9 Å². The first kappa shape index (κ1) is 22.1. The van der Waals surface area contributed by atoms with Crippen molar-refractivity contribution in [1.82, 2.24) is 0 Å². The van der Waals surface area contributed by atoms with E-state index in [0.717, 1.165) is 11.1 Å². The van der Waals surface area contributed by atoms with Gasteiger partial charge in [-0.15, -0.1) is 0 Å². The van der Waals surface area contributed by atoms with Crippen molar-refractivity contribution in [3.05, 3.63) is 67.6 Å². The maximum absolute atomic E-state index is 10.6. The monoisotopic (exact) mass is 464 g/mol. The van der Waals surface area contributed by atoms with Crippen LogP contribution in [0.15, 0.2) is 36.4 Å². The van der Waals surface area contributed by atoms with Gasteiger partial charge in [-0.25, -0.2) is 0 Å². The molecule has 1 fully saturated rings.